The van der Waals surface area contributed by atoms with Crippen molar-refractivity contribution in [1.29, 1.82) is 0 Å². The quantitative estimate of drug-likeness (QED) is 0.850. The summed E-state index contributed by atoms with van der Waals surface area (Å²) in [5.41, 5.74) is 8.68. The van der Waals surface area contributed by atoms with Crippen molar-refractivity contribution in [3.63, 3.8) is 0 Å². The van der Waals surface area contributed by atoms with Gasteiger partial charge in [-0.2, -0.15) is 0 Å². The number of rotatable bonds is 4. The van der Waals surface area contributed by atoms with E-state index in [1.54, 1.807) is 21.0 Å². The van der Waals surface area contributed by atoms with Crippen molar-refractivity contribution in [2.45, 2.75) is 39.7 Å². The third-order valence-electron chi connectivity index (χ3n) is 3.11. The van der Waals surface area contributed by atoms with Crippen LogP contribution in [-0.2, 0) is 4.79 Å². The van der Waals surface area contributed by atoms with Crippen LogP contribution in [0.2, 0.25) is 0 Å². The minimum Gasteiger partial charge on any atom is -0.481 e. The highest BCUT2D eigenvalue weighted by Crippen LogP contribution is 2.31. The molecule has 1 atom stereocenters. The number of nitrogens with zero attached hydrogens (tertiary/aromatic N) is 1. The summed E-state index contributed by atoms with van der Waals surface area (Å²) in [4.78, 5) is 13.4. The molecule has 0 saturated heterocycles. The van der Waals surface area contributed by atoms with Crippen LogP contribution in [0.5, 0.6) is 5.75 Å². The van der Waals surface area contributed by atoms with Crippen molar-refractivity contribution in [3.05, 3.63) is 23.3 Å². The molecule has 1 unspecified atom stereocenters. The van der Waals surface area contributed by atoms with Crippen molar-refractivity contribution < 1.29 is 9.53 Å². The normalized spacial score (nSPS) is 12.4. The number of nitrogens with two attached hydrogens (primary N) is 1. The highest BCUT2D eigenvalue weighted by molar-refractivity contribution is 5.80. The molecule has 0 aliphatic heterocycles. The van der Waals surface area contributed by atoms with Crippen molar-refractivity contribution in [3.8, 4) is 5.75 Å². The average Bonchev–Trinajstić information content (AvgIpc) is 2.31. The number of benzene rings is 1. The fourth-order valence-electron chi connectivity index (χ4n) is 1.87. The molecule has 0 aliphatic carbocycles. The van der Waals surface area contributed by atoms with Crippen LogP contribution in [0.15, 0.2) is 12.1 Å². The SMILES string of the molecule is Cc1cc(OC(C)C(=O)N(C)C)c(C(C)C)cc1N. The lowest BCUT2D eigenvalue weighted by molar-refractivity contribution is -0.135. The molecule has 0 radical (unpaired) electrons. The smallest absolute Gasteiger partial charge is 0.262 e. The molecule has 1 rings (SSSR count). The number of anilines is 1. The Morgan fingerprint density at radius 3 is 2.32 bits per heavy atom. The molecule has 1 aromatic rings. The summed E-state index contributed by atoms with van der Waals surface area (Å²) in [6, 6.07) is 3.84. The maximum atomic E-state index is 11.9. The molecule has 19 heavy (non-hydrogen) atoms. The van der Waals surface area contributed by atoms with Crippen LogP contribution in [-0.4, -0.2) is 31.0 Å². The van der Waals surface area contributed by atoms with Gasteiger partial charge in [0.15, 0.2) is 6.10 Å². The van der Waals surface area contributed by atoms with E-state index in [-0.39, 0.29) is 5.91 Å². The highest BCUT2D eigenvalue weighted by atomic mass is 16.5. The fraction of sp³-hybridized carbons (Fsp3) is 0.533. The third kappa shape index (κ3) is 3.63. The molecule has 0 bridgehead atoms. The maximum Gasteiger partial charge on any atom is 0.262 e. The Hall–Kier alpha value is -1.71. The molecular weight excluding hydrogens is 240 g/mol. The van der Waals surface area contributed by atoms with E-state index in [1.165, 1.54) is 4.90 Å². The van der Waals surface area contributed by atoms with E-state index in [0.717, 1.165) is 22.6 Å². The van der Waals surface area contributed by atoms with Gasteiger partial charge >= 0.3 is 0 Å². The largest absolute Gasteiger partial charge is 0.481 e. The predicted octanol–water partition coefficient (Wildman–Crippen LogP) is 2.56. The Morgan fingerprint density at radius 1 is 1.26 bits per heavy atom. The summed E-state index contributed by atoms with van der Waals surface area (Å²) < 4.78 is 5.82. The van der Waals surface area contributed by atoms with E-state index >= 15 is 0 Å². The van der Waals surface area contributed by atoms with Crippen LogP contribution < -0.4 is 10.5 Å². The zero-order valence-electron chi connectivity index (χ0n) is 12.7. The van der Waals surface area contributed by atoms with Crippen molar-refractivity contribution in [2.24, 2.45) is 0 Å². The van der Waals surface area contributed by atoms with E-state index in [1.807, 2.05) is 19.1 Å². The van der Waals surface area contributed by atoms with Crippen molar-refractivity contribution in [2.75, 3.05) is 19.8 Å². The minimum absolute atomic E-state index is 0.0517. The minimum atomic E-state index is -0.504. The van der Waals surface area contributed by atoms with Gasteiger partial charge in [-0.25, -0.2) is 0 Å². The van der Waals surface area contributed by atoms with Gasteiger partial charge in [0, 0.05) is 19.8 Å². The Balaban J connectivity index is 3.06. The van der Waals surface area contributed by atoms with Gasteiger partial charge in [0.05, 0.1) is 0 Å². The highest BCUT2D eigenvalue weighted by Gasteiger charge is 2.19. The first kappa shape index (κ1) is 15.3. The maximum absolute atomic E-state index is 11.9. The molecule has 0 fully saturated rings. The molecule has 0 aliphatic rings. The molecule has 1 amide bonds. The summed E-state index contributed by atoms with van der Waals surface area (Å²) in [5.74, 6) is 0.980. The summed E-state index contributed by atoms with van der Waals surface area (Å²) in [6.07, 6.45) is -0.504. The first-order chi connectivity index (χ1) is 8.73. The number of carbonyl (C=O) groups excluding carboxylic acids is 1. The molecule has 106 valence electrons. The second-order valence-electron chi connectivity index (χ2n) is 5.39. The van der Waals surface area contributed by atoms with E-state index < -0.39 is 6.10 Å². The van der Waals surface area contributed by atoms with Crippen LogP contribution in [0.1, 0.15) is 37.8 Å². The number of hydrogen-bond acceptors (Lipinski definition) is 3. The van der Waals surface area contributed by atoms with Crippen molar-refractivity contribution >= 4 is 11.6 Å². The Morgan fingerprint density at radius 2 is 1.84 bits per heavy atom. The topological polar surface area (TPSA) is 55.6 Å². The van der Waals surface area contributed by atoms with Gasteiger partial charge < -0.3 is 15.4 Å². The number of carbonyl (C=O) groups is 1. The van der Waals surface area contributed by atoms with Gasteiger partial charge in [-0.1, -0.05) is 13.8 Å². The average molecular weight is 264 g/mol. The zero-order chi connectivity index (χ0) is 14.7. The number of hydrogen-bond donors (Lipinski definition) is 1. The van der Waals surface area contributed by atoms with Gasteiger partial charge in [-0.15, -0.1) is 0 Å². The monoisotopic (exact) mass is 264 g/mol. The fourth-order valence-corrected chi connectivity index (χ4v) is 1.87. The number of aryl methyl sites for hydroxylation is 1. The lowest BCUT2D eigenvalue weighted by Crippen LogP contribution is -2.35. The van der Waals surface area contributed by atoms with E-state index in [4.69, 9.17) is 10.5 Å². The molecule has 0 heterocycles. The van der Waals surface area contributed by atoms with Crippen LogP contribution >= 0.6 is 0 Å². The lowest BCUT2D eigenvalue weighted by atomic mass is 9.99. The Kier molecular flexibility index (Phi) is 4.81. The van der Waals surface area contributed by atoms with E-state index in [0.29, 0.717) is 5.92 Å². The first-order valence-electron chi connectivity index (χ1n) is 6.51. The predicted molar refractivity (Wildman–Crippen MR) is 78.5 cm³/mol. The van der Waals surface area contributed by atoms with Gasteiger partial charge in [0.2, 0.25) is 0 Å². The van der Waals surface area contributed by atoms with Gasteiger partial charge in [0.25, 0.3) is 5.91 Å². The molecule has 0 saturated carbocycles. The molecule has 0 spiro atoms. The number of nitrogen functional groups attached to an aromatic ring is 1. The number of amides is 1. The number of likely N-dealkylation sites (N-methyl/N-ethyl adjacent to an activating group) is 1. The second kappa shape index (κ2) is 5.95. The number of ether oxygens (including phenoxy) is 1. The van der Waals surface area contributed by atoms with Gasteiger partial charge in [-0.3, -0.25) is 4.79 Å². The van der Waals surface area contributed by atoms with Crippen LogP contribution in [0.4, 0.5) is 5.69 Å². The van der Waals surface area contributed by atoms with E-state index in [9.17, 15) is 4.79 Å². The molecule has 0 aromatic heterocycles. The lowest BCUT2D eigenvalue weighted by Gasteiger charge is -2.22. The summed E-state index contributed by atoms with van der Waals surface area (Å²) in [7, 11) is 3.44. The summed E-state index contributed by atoms with van der Waals surface area (Å²) in [5, 5.41) is 0. The molecule has 4 heteroatoms. The zero-order valence-corrected chi connectivity index (χ0v) is 12.7. The summed E-state index contributed by atoms with van der Waals surface area (Å²) >= 11 is 0. The second-order valence-corrected chi connectivity index (χ2v) is 5.39. The Labute approximate surface area is 115 Å². The van der Waals surface area contributed by atoms with Crippen LogP contribution in [0.25, 0.3) is 0 Å². The van der Waals surface area contributed by atoms with Crippen LogP contribution in [0.3, 0.4) is 0 Å². The van der Waals surface area contributed by atoms with Crippen molar-refractivity contribution in [1.82, 2.24) is 4.90 Å². The molecule has 2 N–H and O–H groups in total. The van der Waals surface area contributed by atoms with E-state index in [2.05, 4.69) is 13.8 Å². The van der Waals surface area contributed by atoms with Gasteiger partial charge in [-0.05, 0) is 43.0 Å². The first-order valence-corrected chi connectivity index (χ1v) is 6.51. The van der Waals surface area contributed by atoms with Gasteiger partial charge in [0.1, 0.15) is 5.75 Å². The molecule has 4 nitrogen and oxygen atoms in total. The molecule has 1 aromatic carbocycles. The summed E-state index contributed by atoms with van der Waals surface area (Å²) in [6.45, 7) is 7.85. The van der Waals surface area contributed by atoms with Crippen LogP contribution in [0, 0.1) is 6.92 Å². The Bertz CT molecular complexity index is 467. The molecular formula is C15H24N2O2. The third-order valence-corrected chi connectivity index (χ3v) is 3.11. The standard InChI is InChI=1S/C15H24N2O2/c1-9(2)12-8-13(16)10(3)7-14(12)19-11(4)15(18)17(5)6/h7-9,11H,16H2,1-6H3.